The van der Waals surface area contributed by atoms with E-state index in [2.05, 4.69) is 27.0 Å². The average molecular weight is 577 g/mol. The molecule has 0 radical (unpaired) electrons. The lowest BCUT2D eigenvalue weighted by Gasteiger charge is -2.26. The highest BCUT2D eigenvalue weighted by Crippen LogP contribution is 2.41. The van der Waals surface area contributed by atoms with Gasteiger partial charge in [0, 0.05) is 27.2 Å². The summed E-state index contributed by atoms with van der Waals surface area (Å²) in [6, 6.07) is 9.86. The van der Waals surface area contributed by atoms with Gasteiger partial charge in [-0.2, -0.15) is 0 Å². The maximum Gasteiger partial charge on any atom is 0.249 e. The second-order valence-corrected chi connectivity index (χ2v) is 13.2. The van der Waals surface area contributed by atoms with Crippen LogP contribution >= 0.6 is 11.6 Å². The molecule has 39 heavy (non-hydrogen) atoms. The van der Waals surface area contributed by atoms with Gasteiger partial charge in [-0.25, -0.2) is 13.4 Å². The van der Waals surface area contributed by atoms with Gasteiger partial charge in [0.1, 0.15) is 5.82 Å². The van der Waals surface area contributed by atoms with Crippen molar-refractivity contribution in [1.82, 2.24) is 15.2 Å². The van der Waals surface area contributed by atoms with E-state index < -0.39 is 15.6 Å². The lowest BCUT2D eigenvalue weighted by atomic mass is 9.93. The third-order valence-corrected chi connectivity index (χ3v) is 8.72. The van der Waals surface area contributed by atoms with Crippen LogP contribution in [0.25, 0.3) is 11.5 Å². The van der Waals surface area contributed by atoms with E-state index >= 15 is 0 Å². The fourth-order valence-corrected chi connectivity index (χ4v) is 5.19. The van der Waals surface area contributed by atoms with E-state index in [1.54, 1.807) is 13.2 Å². The van der Waals surface area contributed by atoms with E-state index in [1.165, 1.54) is 7.05 Å². The van der Waals surface area contributed by atoms with Gasteiger partial charge in [0.15, 0.2) is 5.82 Å². The minimum Gasteiger partial charge on any atom is -0.419 e. The van der Waals surface area contributed by atoms with Gasteiger partial charge in [-0.3, -0.25) is 4.31 Å². The number of nitrogens with zero attached hydrogens (tertiary/aromatic N) is 5. The molecule has 2 heterocycles. The van der Waals surface area contributed by atoms with Crippen LogP contribution in [-0.4, -0.2) is 63.7 Å². The molecule has 0 saturated heterocycles. The SMILES string of the molecule is COCCN(CC1CC1C)c1cc(-c2nnc([C@@](C)(N)Cc3ccc(C)cc3)o2)c(Cl)c(N(C)S(C)(=O)=O)n1. The van der Waals surface area contributed by atoms with Gasteiger partial charge in [-0.1, -0.05) is 48.4 Å². The van der Waals surface area contributed by atoms with Gasteiger partial charge >= 0.3 is 0 Å². The van der Waals surface area contributed by atoms with Crippen LogP contribution in [-0.2, 0) is 26.7 Å². The molecule has 2 aromatic heterocycles. The number of anilines is 2. The van der Waals surface area contributed by atoms with E-state index in [9.17, 15) is 8.42 Å². The zero-order valence-electron chi connectivity index (χ0n) is 23.3. The van der Waals surface area contributed by atoms with Gasteiger partial charge in [-0.15, -0.1) is 10.2 Å². The second kappa shape index (κ2) is 11.4. The number of ether oxygens (including phenoxy) is 1. The van der Waals surface area contributed by atoms with E-state index in [-0.39, 0.29) is 22.6 Å². The molecular formula is C27H37ClN6O4S. The van der Waals surface area contributed by atoms with Crippen LogP contribution in [0.15, 0.2) is 34.7 Å². The fourth-order valence-electron chi connectivity index (χ4n) is 4.39. The highest BCUT2D eigenvalue weighted by Gasteiger charge is 2.35. The molecule has 1 saturated carbocycles. The van der Waals surface area contributed by atoms with Crippen LogP contribution in [0.3, 0.4) is 0 Å². The first-order chi connectivity index (χ1) is 18.3. The third kappa shape index (κ3) is 6.89. The highest BCUT2D eigenvalue weighted by atomic mass is 35.5. The summed E-state index contributed by atoms with van der Waals surface area (Å²) >= 11 is 6.76. The van der Waals surface area contributed by atoms with Gasteiger partial charge in [0.2, 0.25) is 21.8 Å². The van der Waals surface area contributed by atoms with Gasteiger partial charge < -0.3 is 19.8 Å². The first-order valence-corrected chi connectivity index (χ1v) is 15.1. The van der Waals surface area contributed by atoms with Crippen molar-refractivity contribution in [3.05, 3.63) is 52.4 Å². The molecule has 1 fully saturated rings. The standard InChI is InChI=1S/C27H37ClN6O4S/c1-17-7-9-19(10-8-17)15-27(3,29)26-32-31-25(38-26)21-14-22(30-24(23(21)28)33(4)39(6,35)36)34(11-12-37-5)16-20-13-18(20)2/h7-10,14,18,20H,11-13,15-16,29H2,1-6H3/t18?,20?,27-/m0/s1. The molecule has 3 aromatic rings. The summed E-state index contributed by atoms with van der Waals surface area (Å²) in [5.41, 5.74) is 8.26. The number of sulfonamides is 1. The molecule has 1 aromatic carbocycles. The van der Waals surface area contributed by atoms with Gasteiger partial charge in [0.05, 0.1) is 29.0 Å². The minimum atomic E-state index is -3.66. The predicted octanol–water partition coefficient (Wildman–Crippen LogP) is 4.01. The Balaban J connectivity index is 1.75. The summed E-state index contributed by atoms with van der Waals surface area (Å²) in [6.07, 6.45) is 2.71. The summed E-state index contributed by atoms with van der Waals surface area (Å²) in [7, 11) is -0.601. The maximum absolute atomic E-state index is 12.5. The molecular weight excluding hydrogens is 540 g/mol. The predicted molar refractivity (Wildman–Crippen MR) is 154 cm³/mol. The summed E-state index contributed by atoms with van der Waals surface area (Å²) < 4.78 is 37.4. The molecule has 212 valence electrons. The highest BCUT2D eigenvalue weighted by molar-refractivity contribution is 7.92. The van der Waals surface area contributed by atoms with Crippen LogP contribution in [0.2, 0.25) is 5.02 Å². The number of aryl methyl sites for hydroxylation is 1. The summed E-state index contributed by atoms with van der Waals surface area (Å²) in [6.45, 7) is 7.88. The van der Waals surface area contributed by atoms with Crippen molar-refractivity contribution in [2.24, 2.45) is 17.6 Å². The van der Waals surface area contributed by atoms with Crippen LogP contribution < -0.4 is 14.9 Å². The molecule has 4 rings (SSSR count). The number of aromatic nitrogens is 3. The second-order valence-electron chi connectivity index (χ2n) is 10.8. The summed E-state index contributed by atoms with van der Waals surface area (Å²) in [5.74, 6) is 2.14. The maximum atomic E-state index is 12.5. The molecule has 0 spiro atoms. The molecule has 2 unspecified atom stereocenters. The Bertz CT molecular complexity index is 1410. The number of hydrogen-bond acceptors (Lipinski definition) is 9. The van der Waals surface area contributed by atoms with Crippen molar-refractivity contribution in [2.45, 2.75) is 39.2 Å². The Labute approximate surface area is 235 Å². The smallest absolute Gasteiger partial charge is 0.249 e. The number of pyridine rings is 1. The number of rotatable bonds is 12. The zero-order chi connectivity index (χ0) is 28.5. The molecule has 0 amide bonds. The lowest BCUT2D eigenvalue weighted by Crippen LogP contribution is -2.35. The monoisotopic (exact) mass is 576 g/mol. The Hall–Kier alpha value is -2.73. The lowest BCUT2D eigenvalue weighted by molar-refractivity contribution is 0.204. The van der Waals surface area contributed by atoms with Crippen LogP contribution in [0, 0.1) is 18.8 Å². The normalized spacial score (nSPS) is 18.6. The van der Waals surface area contributed by atoms with Crippen LogP contribution in [0.5, 0.6) is 0 Å². The van der Waals surface area contributed by atoms with Crippen molar-refractivity contribution in [2.75, 3.05) is 49.3 Å². The fraction of sp³-hybridized carbons (Fsp3) is 0.519. The summed E-state index contributed by atoms with van der Waals surface area (Å²) in [4.78, 5) is 6.76. The van der Waals surface area contributed by atoms with Crippen LogP contribution in [0.1, 0.15) is 37.3 Å². The zero-order valence-corrected chi connectivity index (χ0v) is 24.9. The number of hydrogen-bond donors (Lipinski definition) is 1. The van der Waals surface area contributed by atoms with E-state index in [0.717, 1.165) is 34.7 Å². The average Bonchev–Trinajstić information content (AvgIpc) is 3.34. The van der Waals surface area contributed by atoms with Crippen molar-refractivity contribution in [1.29, 1.82) is 0 Å². The molecule has 0 bridgehead atoms. The molecule has 12 heteroatoms. The molecule has 2 N–H and O–H groups in total. The Morgan fingerprint density at radius 3 is 2.51 bits per heavy atom. The Morgan fingerprint density at radius 1 is 1.26 bits per heavy atom. The van der Waals surface area contributed by atoms with Crippen molar-refractivity contribution in [3.8, 4) is 11.5 Å². The van der Waals surface area contributed by atoms with Crippen molar-refractivity contribution in [3.63, 3.8) is 0 Å². The van der Waals surface area contributed by atoms with Crippen LogP contribution in [0.4, 0.5) is 11.6 Å². The Kier molecular flexibility index (Phi) is 8.55. The molecule has 10 nitrogen and oxygen atoms in total. The summed E-state index contributed by atoms with van der Waals surface area (Å²) in [5, 5.41) is 8.60. The van der Waals surface area contributed by atoms with Gasteiger partial charge in [0.25, 0.3) is 0 Å². The largest absolute Gasteiger partial charge is 0.419 e. The first-order valence-electron chi connectivity index (χ1n) is 12.9. The molecule has 3 atom stereocenters. The Morgan fingerprint density at radius 2 is 1.92 bits per heavy atom. The topological polar surface area (TPSA) is 128 Å². The number of benzene rings is 1. The van der Waals surface area contributed by atoms with Crippen molar-refractivity contribution < 1.29 is 17.6 Å². The quantitative estimate of drug-likeness (QED) is 0.340. The number of nitrogens with two attached hydrogens (primary N) is 1. The third-order valence-electron chi connectivity index (χ3n) is 7.18. The molecule has 0 aliphatic heterocycles. The van der Waals surface area contributed by atoms with Crippen molar-refractivity contribution >= 4 is 33.3 Å². The number of methoxy groups -OCH3 is 1. The number of halogens is 1. The van der Waals surface area contributed by atoms with E-state index in [1.807, 2.05) is 38.1 Å². The molecule has 1 aliphatic carbocycles. The van der Waals surface area contributed by atoms with E-state index in [0.29, 0.717) is 42.8 Å². The molecule has 1 aliphatic rings. The van der Waals surface area contributed by atoms with E-state index in [4.69, 9.17) is 26.5 Å². The minimum absolute atomic E-state index is 0.0767. The first kappa shape index (κ1) is 29.3. The van der Waals surface area contributed by atoms with Gasteiger partial charge in [-0.05, 0) is 50.2 Å².